The van der Waals surface area contributed by atoms with Crippen LogP contribution < -0.4 is 0 Å². The molecule has 33 heteroatoms. The predicted octanol–water partition coefficient (Wildman–Crippen LogP) is -7.21. The molecule has 0 atom stereocenters. The van der Waals surface area contributed by atoms with Gasteiger partial charge in [0.05, 0.1) is 30.5 Å². The molecule has 0 aliphatic carbocycles. The van der Waals surface area contributed by atoms with Crippen LogP contribution in [0, 0.1) is 91.9 Å². The first kappa shape index (κ1) is 112. The molecule has 0 spiro atoms. The van der Waals surface area contributed by atoms with Gasteiger partial charge in [0.25, 0.3) is 0 Å². The van der Waals surface area contributed by atoms with Crippen molar-refractivity contribution in [2.45, 2.75) is 0 Å². The van der Waals surface area contributed by atoms with Gasteiger partial charge in [0.15, 0.2) is 0 Å². The number of hydrogen-bond donors (Lipinski definition) is 0. The summed E-state index contributed by atoms with van der Waals surface area (Å²) in [5.74, 6) is 0. The minimum absolute atomic E-state index is 0. The van der Waals surface area contributed by atoms with E-state index >= 15 is 0 Å². The molecule has 14 N–H and O–H groups in total. The van der Waals surface area contributed by atoms with Crippen molar-refractivity contribution in [1.82, 2.24) is 0 Å². The second-order valence-corrected chi connectivity index (χ2v) is 1.34. The molecule has 33 heavy (non-hydrogen) atoms. The van der Waals surface area contributed by atoms with Crippen LogP contribution >= 0.6 is 0 Å². The van der Waals surface area contributed by atoms with Gasteiger partial charge in [-0.2, -0.15) is 0 Å². The Labute approximate surface area is 225 Å². The van der Waals surface area contributed by atoms with Gasteiger partial charge in [-0.25, -0.2) is 0 Å². The zero-order valence-corrected chi connectivity index (χ0v) is 20.4. The average Bonchev–Trinajstić information content (AvgIpc) is 2.08. The topological polar surface area (TPSA) is 618 Å². The average molecular weight is 676 g/mol. The van der Waals surface area contributed by atoms with E-state index in [9.17, 15) is 0 Å². The SMILES string of the molecule is O.O.O.O.O.O.O.O=[N+]([O-])[O-].O=[N+]([O-])[O-].O=[N+]([O-])[O-].O=[N+]([O-])[O-].O=[N+]([O-])[O-].O=[N+]([O-])[O-].[Y+3].[Y+3]. The van der Waals surface area contributed by atoms with E-state index in [1.54, 1.807) is 0 Å². The fourth-order valence-corrected chi connectivity index (χ4v) is 0. The zero-order chi connectivity index (χ0) is 21.5. The monoisotopic (exact) mass is 676 g/mol. The van der Waals surface area contributed by atoms with Crippen molar-refractivity contribution in [2.24, 2.45) is 0 Å². The van der Waals surface area contributed by atoms with Gasteiger partial charge in [-0.1, -0.05) is 0 Å². The smallest absolute Gasteiger partial charge is 0.412 e. The molecule has 0 saturated carbocycles. The normalized spacial score (nSPS) is 4.36. The van der Waals surface area contributed by atoms with E-state index in [1.165, 1.54) is 0 Å². The summed E-state index contributed by atoms with van der Waals surface area (Å²) in [5, 5.41) is 88.5. The minimum Gasteiger partial charge on any atom is -0.412 e. The Balaban J connectivity index is -0.00000000859. The Morgan fingerprint density at radius 1 is 0.242 bits per heavy atom. The van der Waals surface area contributed by atoms with Crippen LogP contribution in [0.5, 0.6) is 0 Å². The van der Waals surface area contributed by atoms with Crippen molar-refractivity contribution >= 4 is 0 Å². The summed E-state index contributed by atoms with van der Waals surface area (Å²) in [6.07, 6.45) is 0. The molecule has 31 nitrogen and oxygen atoms in total. The molecular formula is H14N6O25Y2. The van der Waals surface area contributed by atoms with E-state index in [4.69, 9.17) is 91.9 Å². The van der Waals surface area contributed by atoms with Gasteiger partial charge >= 0.3 is 65.4 Å². The fourth-order valence-electron chi connectivity index (χ4n) is 0. The summed E-state index contributed by atoms with van der Waals surface area (Å²) < 4.78 is 0. The van der Waals surface area contributed by atoms with Crippen LogP contribution in [0.2, 0.25) is 0 Å². The summed E-state index contributed by atoms with van der Waals surface area (Å²) in [6.45, 7) is 0. The van der Waals surface area contributed by atoms with Crippen LogP contribution in [0.15, 0.2) is 0 Å². The van der Waals surface area contributed by atoms with Crippen LogP contribution in [0.4, 0.5) is 0 Å². The van der Waals surface area contributed by atoms with Gasteiger partial charge in [-0.05, 0) is 0 Å². The van der Waals surface area contributed by atoms with Crippen molar-refractivity contribution in [1.29, 1.82) is 0 Å². The Kier molecular flexibility index (Phi) is 341. The summed E-state index contributed by atoms with van der Waals surface area (Å²) >= 11 is 0. The first-order valence-electron chi connectivity index (χ1n) is 3.29. The van der Waals surface area contributed by atoms with Gasteiger partial charge in [-0.15, -0.1) is 0 Å². The summed E-state index contributed by atoms with van der Waals surface area (Å²) in [7, 11) is 0. The molecule has 0 bridgehead atoms. The predicted molar refractivity (Wildman–Crippen MR) is 87.5 cm³/mol. The molecule has 0 saturated heterocycles. The maximum Gasteiger partial charge on any atom is 3.00 e. The first-order valence-corrected chi connectivity index (χ1v) is 3.29. The van der Waals surface area contributed by atoms with E-state index in [2.05, 4.69) is 0 Å². The standard InChI is InChI=1S/6NO3.7H2O.2Y/c6*2-1(3)4;;;;;;;;;/h;;;;;;7*1H2;;/q6*-1;;;;;;;;2*+3. The Morgan fingerprint density at radius 2 is 0.242 bits per heavy atom. The second kappa shape index (κ2) is 101. The molecule has 0 unspecified atom stereocenters. The van der Waals surface area contributed by atoms with Gasteiger partial charge in [-0.3, -0.25) is 0 Å². The number of hydrogen-bond acceptors (Lipinski definition) is 18. The third-order valence-corrected chi connectivity index (χ3v) is 0. The maximum absolute atomic E-state index is 8.25. The molecule has 200 valence electrons. The second-order valence-electron chi connectivity index (χ2n) is 1.34. The van der Waals surface area contributed by atoms with Gasteiger partial charge in [0.2, 0.25) is 0 Å². The largest absolute Gasteiger partial charge is 3.00 e. The molecule has 0 rings (SSSR count). The van der Waals surface area contributed by atoms with E-state index < -0.39 is 30.5 Å². The fraction of sp³-hybridized carbons (Fsp3) is 0. The van der Waals surface area contributed by atoms with Gasteiger partial charge < -0.3 is 130 Å². The van der Waals surface area contributed by atoms with Gasteiger partial charge in [0.1, 0.15) is 0 Å². The van der Waals surface area contributed by atoms with E-state index in [0.29, 0.717) is 0 Å². The van der Waals surface area contributed by atoms with Crippen LogP contribution in [0.1, 0.15) is 0 Å². The van der Waals surface area contributed by atoms with Crippen molar-refractivity contribution < 1.29 is 134 Å². The molecule has 0 aliphatic heterocycles. The summed E-state index contributed by atoms with van der Waals surface area (Å²) in [5.41, 5.74) is 0. The van der Waals surface area contributed by atoms with Crippen molar-refractivity contribution in [3.05, 3.63) is 91.9 Å². The summed E-state index contributed by atoms with van der Waals surface area (Å²) in [4.78, 5) is 49.5. The molecule has 0 amide bonds. The van der Waals surface area contributed by atoms with Crippen LogP contribution in [-0.4, -0.2) is 68.9 Å². The van der Waals surface area contributed by atoms with Crippen molar-refractivity contribution in [3.8, 4) is 0 Å². The molecule has 0 radical (unpaired) electrons. The maximum atomic E-state index is 8.25. The molecule has 0 heterocycles. The Bertz CT molecular complexity index is 264. The molecular weight excluding hydrogens is 662 g/mol. The molecule has 0 fully saturated rings. The zero-order valence-electron chi connectivity index (χ0n) is 14.7. The van der Waals surface area contributed by atoms with E-state index in [1.807, 2.05) is 0 Å². The van der Waals surface area contributed by atoms with Gasteiger partial charge in [0, 0.05) is 0 Å². The van der Waals surface area contributed by atoms with E-state index in [0.717, 1.165) is 0 Å². The van der Waals surface area contributed by atoms with Crippen LogP contribution in [0.3, 0.4) is 0 Å². The third-order valence-electron chi connectivity index (χ3n) is 0. The Morgan fingerprint density at radius 3 is 0.242 bits per heavy atom. The molecule has 0 aliphatic rings. The molecule has 0 aromatic rings. The Hall–Kier alpha value is -2.87. The third kappa shape index (κ3) is 2600. The van der Waals surface area contributed by atoms with Crippen molar-refractivity contribution in [2.75, 3.05) is 0 Å². The van der Waals surface area contributed by atoms with E-state index in [-0.39, 0.29) is 104 Å². The number of nitrogens with zero attached hydrogens (tertiary/aromatic N) is 6. The molecule has 0 aromatic heterocycles. The first-order chi connectivity index (χ1) is 10.4. The minimum atomic E-state index is -1.75. The number of rotatable bonds is 0. The quantitative estimate of drug-likeness (QED) is 0.170. The van der Waals surface area contributed by atoms with Crippen LogP contribution in [0.25, 0.3) is 0 Å². The molecule has 0 aromatic carbocycles. The van der Waals surface area contributed by atoms with Crippen LogP contribution in [-0.2, 0) is 65.4 Å². The summed E-state index contributed by atoms with van der Waals surface area (Å²) in [6, 6.07) is 0. The van der Waals surface area contributed by atoms with Crippen molar-refractivity contribution in [3.63, 3.8) is 0 Å².